The van der Waals surface area contributed by atoms with Crippen molar-refractivity contribution in [3.8, 4) is 11.3 Å². The van der Waals surface area contributed by atoms with Crippen LogP contribution in [-0.4, -0.2) is 51.5 Å². The van der Waals surface area contributed by atoms with Crippen molar-refractivity contribution < 1.29 is 4.79 Å². The summed E-state index contributed by atoms with van der Waals surface area (Å²) >= 11 is 0. The quantitative estimate of drug-likeness (QED) is 0.707. The van der Waals surface area contributed by atoms with E-state index in [1.807, 2.05) is 23.1 Å². The zero-order valence-corrected chi connectivity index (χ0v) is 18.2. The molecule has 1 unspecified atom stereocenters. The van der Waals surface area contributed by atoms with E-state index in [1.54, 1.807) is 6.20 Å². The highest BCUT2D eigenvalue weighted by Gasteiger charge is 2.46. The third-order valence-electron chi connectivity index (χ3n) is 7.02. The zero-order chi connectivity index (χ0) is 21.6. The van der Waals surface area contributed by atoms with Crippen LogP contribution in [0.5, 0.6) is 0 Å². The van der Waals surface area contributed by atoms with Gasteiger partial charge in [0, 0.05) is 30.9 Å². The first-order chi connectivity index (χ1) is 14.9. The summed E-state index contributed by atoms with van der Waals surface area (Å²) in [5.74, 6) is 0.776. The van der Waals surface area contributed by atoms with Gasteiger partial charge in [-0.2, -0.15) is 0 Å². The van der Waals surface area contributed by atoms with E-state index < -0.39 is 0 Å². The van der Waals surface area contributed by atoms with Crippen LogP contribution in [0.1, 0.15) is 33.1 Å². The molecule has 2 atom stereocenters. The summed E-state index contributed by atoms with van der Waals surface area (Å²) in [5.41, 5.74) is 7.88. The first-order valence-electron chi connectivity index (χ1n) is 11.1. The molecule has 0 spiro atoms. The van der Waals surface area contributed by atoms with E-state index >= 15 is 0 Å². The molecule has 2 aromatic carbocycles. The van der Waals surface area contributed by atoms with Gasteiger partial charge in [-0.3, -0.25) is 4.79 Å². The highest BCUT2D eigenvalue weighted by Crippen LogP contribution is 2.32. The largest absolute Gasteiger partial charge is 0.334 e. The number of hydrogen-bond acceptors (Lipinski definition) is 5. The van der Waals surface area contributed by atoms with Crippen molar-refractivity contribution in [3.63, 3.8) is 0 Å². The number of nitrogens with zero attached hydrogens (tertiary/aromatic N) is 4. The Morgan fingerprint density at radius 3 is 2.65 bits per heavy atom. The first-order valence-corrected chi connectivity index (χ1v) is 11.1. The molecule has 1 aromatic heterocycles. The molecule has 160 valence electrons. The van der Waals surface area contributed by atoms with Crippen LogP contribution in [0, 0.1) is 0 Å². The summed E-state index contributed by atoms with van der Waals surface area (Å²) < 4.78 is 0. The molecule has 2 saturated heterocycles. The molecule has 31 heavy (non-hydrogen) atoms. The van der Waals surface area contributed by atoms with Gasteiger partial charge in [0.25, 0.3) is 0 Å². The monoisotopic (exact) mass is 415 g/mol. The Morgan fingerprint density at radius 2 is 1.87 bits per heavy atom. The Bertz CT molecular complexity index is 1130. The maximum absolute atomic E-state index is 13.5. The smallest absolute Gasteiger partial charge is 0.245 e. The van der Waals surface area contributed by atoms with Crippen LogP contribution < -0.4 is 10.6 Å². The van der Waals surface area contributed by atoms with Gasteiger partial charge in [0.2, 0.25) is 11.9 Å². The molecule has 2 aliphatic rings. The van der Waals surface area contributed by atoms with Gasteiger partial charge in [-0.1, -0.05) is 36.4 Å². The summed E-state index contributed by atoms with van der Waals surface area (Å²) in [6.45, 7) is 5.64. The molecule has 2 fully saturated rings. The number of aromatic nitrogens is 2. The fraction of sp³-hybridized carbons (Fsp3) is 0.400. The van der Waals surface area contributed by atoms with Crippen molar-refractivity contribution in [2.45, 2.75) is 50.7 Å². The minimum Gasteiger partial charge on any atom is -0.334 e. The molecule has 0 radical (unpaired) electrons. The Balaban J connectivity index is 1.44. The predicted octanol–water partition coefficient (Wildman–Crippen LogP) is 3.60. The number of amides is 1. The number of likely N-dealkylation sites (tertiary alicyclic amines) is 1. The lowest BCUT2D eigenvalue weighted by atomic mass is 9.96. The van der Waals surface area contributed by atoms with Gasteiger partial charge >= 0.3 is 0 Å². The Kier molecular flexibility index (Phi) is 4.89. The minimum atomic E-state index is -0.320. The van der Waals surface area contributed by atoms with Crippen molar-refractivity contribution in [3.05, 3.63) is 54.7 Å². The fourth-order valence-electron chi connectivity index (χ4n) is 4.94. The first kappa shape index (κ1) is 19.9. The van der Waals surface area contributed by atoms with Crippen molar-refractivity contribution in [2.75, 3.05) is 18.0 Å². The van der Waals surface area contributed by atoms with Gasteiger partial charge in [0.15, 0.2) is 0 Å². The molecule has 0 aliphatic carbocycles. The predicted molar refractivity (Wildman–Crippen MR) is 124 cm³/mol. The number of rotatable bonds is 3. The third kappa shape index (κ3) is 3.45. The standard InChI is InChI=1S/C25H29N5O/c1-25(2)22(26)12-15-30(25)23(31)21-8-5-14-29(21)24-27-13-11-20(28-24)19-10-9-17-6-3-4-7-18(17)16-19/h3-4,6-7,9-11,13,16,21-22H,5,8,12,14-15,26H2,1-2H3/t21-,22?/m0/s1. The summed E-state index contributed by atoms with van der Waals surface area (Å²) in [6, 6.07) is 16.4. The van der Waals surface area contributed by atoms with E-state index in [1.165, 1.54) is 10.8 Å². The molecule has 0 saturated carbocycles. The van der Waals surface area contributed by atoms with Gasteiger partial charge in [-0.05, 0) is 56.0 Å². The zero-order valence-electron chi connectivity index (χ0n) is 18.2. The molecule has 6 nitrogen and oxygen atoms in total. The molecule has 2 aliphatic heterocycles. The highest BCUT2D eigenvalue weighted by atomic mass is 16.2. The maximum Gasteiger partial charge on any atom is 0.245 e. The third-order valence-corrected chi connectivity index (χ3v) is 7.02. The second kappa shape index (κ2) is 7.61. The fourth-order valence-corrected chi connectivity index (χ4v) is 4.94. The Hall–Kier alpha value is -2.99. The highest BCUT2D eigenvalue weighted by molar-refractivity contribution is 5.88. The average molecular weight is 416 g/mol. The number of nitrogens with two attached hydrogens (primary N) is 1. The van der Waals surface area contributed by atoms with E-state index in [9.17, 15) is 4.79 Å². The number of anilines is 1. The van der Waals surface area contributed by atoms with Gasteiger partial charge < -0.3 is 15.5 Å². The Labute approximate surface area is 183 Å². The van der Waals surface area contributed by atoms with Crippen molar-refractivity contribution in [1.82, 2.24) is 14.9 Å². The molecule has 3 aromatic rings. The van der Waals surface area contributed by atoms with E-state index in [2.05, 4.69) is 54.1 Å². The van der Waals surface area contributed by atoms with Crippen LogP contribution in [0.3, 0.4) is 0 Å². The van der Waals surface area contributed by atoms with Crippen LogP contribution >= 0.6 is 0 Å². The molecule has 1 amide bonds. The number of benzene rings is 2. The van der Waals surface area contributed by atoms with Crippen LogP contribution in [-0.2, 0) is 4.79 Å². The summed E-state index contributed by atoms with van der Waals surface area (Å²) in [6.07, 6.45) is 4.42. The molecule has 6 heteroatoms. The number of hydrogen-bond donors (Lipinski definition) is 1. The number of fused-ring (bicyclic) bond motifs is 1. The number of carbonyl (C=O) groups is 1. The van der Waals surface area contributed by atoms with Crippen molar-refractivity contribution in [2.24, 2.45) is 5.73 Å². The second-order valence-electron chi connectivity index (χ2n) is 9.19. The molecule has 0 bridgehead atoms. The van der Waals surface area contributed by atoms with Crippen molar-refractivity contribution in [1.29, 1.82) is 0 Å². The van der Waals surface area contributed by atoms with Crippen LogP contribution in [0.15, 0.2) is 54.7 Å². The summed E-state index contributed by atoms with van der Waals surface area (Å²) in [7, 11) is 0. The summed E-state index contributed by atoms with van der Waals surface area (Å²) in [4.78, 5) is 26.9. The van der Waals surface area contributed by atoms with Crippen molar-refractivity contribution >= 4 is 22.6 Å². The van der Waals surface area contributed by atoms with E-state index in [-0.39, 0.29) is 23.5 Å². The van der Waals surface area contributed by atoms with Gasteiger partial charge in [0.05, 0.1) is 11.2 Å². The lowest BCUT2D eigenvalue weighted by Gasteiger charge is -2.37. The molecule has 5 rings (SSSR count). The average Bonchev–Trinajstić information content (AvgIpc) is 3.38. The number of carbonyl (C=O) groups excluding carboxylic acids is 1. The lowest BCUT2D eigenvalue weighted by molar-refractivity contribution is -0.135. The van der Waals surface area contributed by atoms with Gasteiger partial charge in [-0.25, -0.2) is 9.97 Å². The molecule has 2 N–H and O–H groups in total. The second-order valence-corrected chi connectivity index (χ2v) is 9.19. The normalized spacial score (nSPS) is 22.9. The minimum absolute atomic E-state index is 0.0128. The summed E-state index contributed by atoms with van der Waals surface area (Å²) in [5, 5.41) is 2.39. The van der Waals surface area contributed by atoms with Crippen LogP contribution in [0.25, 0.3) is 22.0 Å². The van der Waals surface area contributed by atoms with Gasteiger partial charge in [-0.15, -0.1) is 0 Å². The van der Waals surface area contributed by atoms with E-state index in [4.69, 9.17) is 10.7 Å². The van der Waals surface area contributed by atoms with Gasteiger partial charge in [0.1, 0.15) is 6.04 Å². The topological polar surface area (TPSA) is 75.3 Å². The Morgan fingerprint density at radius 1 is 1.06 bits per heavy atom. The van der Waals surface area contributed by atoms with E-state index in [0.29, 0.717) is 5.95 Å². The van der Waals surface area contributed by atoms with Crippen LogP contribution in [0.2, 0.25) is 0 Å². The maximum atomic E-state index is 13.5. The molecular formula is C25H29N5O. The SMILES string of the molecule is CC1(C)C(N)CCN1C(=O)[C@@H]1CCCN1c1nccc(-c2ccc3ccccc3c2)n1. The van der Waals surface area contributed by atoms with Crippen LogP contribution in [0.4, 0.5) is 5.95 Å². The lowest BCUT2D eigenvalue weighted by Crippen LogP contribution is -2.55. The molecule has 3 heterocycles. The van der Waals surface area contributed by atoms with E-state index in [0.717, 1.165) is 43.6 Å². The molecular weight excluding hydrogens is 386 g/mol.